The second kappa shape index (κ2) is 7.56. The minimum atomic E-state index is -1.18. The molecule has 0 aliphatic rings. The summed E-state index contributed by atoms with van der Waals surface area (Å²) in [5, 5.41) is 18.1. The van der Waals surface area contributed by atoms with Crippen molar-refractivity contribution in [2.24, 2.45) is 11.7 Å². The third-order valence-electron chi connectivity index (χ3n) is 3.75. The second-order valence-corrected chi connectivity index (χ2v) is 5.48. The summed E-state index contributed by atoms with van der Waals surface area (Å²) in [6.07, 6.45) is 0.163. The molecule has 0 fully saturated rings. The van der Waals surface area contributed by atoms with Crippen molar-refractivity contribution in [3.8, 4) is 11.1 Å². The molecular formula is C18H19NO4. The number of nitrogens with two attached hydrogens (primary N) is 1. The average molecular weight is 313 g/mol. The molecule has 0 unspecified atom stereocenters. The van der Waals surface area contributed by atoms with Crippen molar-refractivity contribution in [1.82, 2.24) is 0 Å². The van der Waals surface area contributed by atoms with Crippen molar-refractivity contribution in [3.63, 3.8) is 0 Å². The third-order valence-corrected chi connectivity index (χ3v) is 3.75. The van der Waals surface area contributed by atoms with Gasteiger partial charge < -0.3 is 15.9 Å². The van der Waals surface area contributed by atoms with Gasteiger partial charge in [0.15, 0.2) is 0 Å². The van der Waals surface area contributed by atoms with Crippen LogP contribution in [0.4, 0.5) is 0 Å². The van der Waals surface area contributed by atoms with Gasteiger partial charge in [-0.2, -0.15) is 0 Å². The van der Waals surface area contributed by atoms with Crippen molar-refractivity contribution in [3.05, 3.63) is 60.2 Å². The summed E-state index contributed by atoms with van der Waals surface area (Å²) in [7, 11) is 0. The molecule has 0 saturated heterocycles. The van der Waals surface area contributed by atoms with Crippen LogP contribution in [0.25, 0.3) is 11.1 Å². The monoisotopic (exact) mass is 313 g/mol. The largest absolute Gasteiger partial charge is 0.481 e. The van der Waals surface area contributed by atoms with Crippen LogP contribution in [0.2, 0.25) is 0 Å². The SMILES string of the molecule is N[C@H](C[C@H](Cc1ccc(-c2ccccc2)cc1)C(=O)O)C(=O)O. The maximum absolute atomic E-state index is 11.3. The fourth-order valence-corrected chi connectivity index (χ4v) is 2.43. The van der Waals surface area contributed by atoms with Gasteiger partial charge in [-0.05, 0) is 29.5 Å². The standard InChI is InChI=1S/C18H19NO4/c19-16(18(22)23)11-15(17(20)21)10-12-6-8-14(9-7-12)13-4-2-1-3-5-13/h1-9,15-16H,10-11,19H2,(H,20,21)(H,22,23)/t15-,16+/m0/s1. The first kappa shape index (κ1) is 16.7. The van der Waals surface area contributed by atoms with Crippen LogP contribution in [0.15, 0.2) is 54.6 Å². The number of hydrogen-bond acceptors (Lipinski definition) is 3. The summed E-state index contributed by atoms with van der Waals surface area (Å²) in [4.78, 5) is 22.1. The number of carboxylic acid groups (broad SMARTS) is 2. The summed E-state index contributed by atoms with van der Waals surface area (Å²) in [5.74, 6) is -3.03. The van der Waals surface area contributed by atoms with Crippen LogP contribution in [-0.4, -0.2) is 28.2 Å². The quantitative estimate of drug-likeness (QED) is 0.728. The van der Waals surface area contributed by atoms with Gasteiger partial charge in [-0.3, -0.25) is 9.59 Å². The molecule has 2 atom stereocenters. The highest BCUT2D eigenvalue weighted by Crippen LogP contribution is 2.21. The predicted molar refractivity (Wildman–Crippen MR) is 86.9 cm³/mol. The van der Waals surface area contributed by atoms with E-state index in [0.29, 0.717) is 0 Å². The molecule has 0 spiro atoms. The van der Waals surface area contributed by atoms with E-state index >= 15 is 0 Å². The highest BCUT2D eigenvalue weighted by molar-refractivity contribution is 5.76. The third kappa shape index (κ3) is 4.66. The number of benzene rings is 2. The summed E-state index contributed by atoms with van der Waals surface area (Å²) in [6, 6.07) is 16.3. The van der Waals surface area contributed by atoms with Crippen molar-refractivity contribution in [2.45, 2.75) is 18.9 Å². The number of carboxylic acids is 2. The zero-order chi connectivity index (χ0) is 16.8. The Morgan fingerprint density at radius 2 is 1.43 bits per heavy atom. The normalized spacial score (nSPS) is 13.3. The maximum atomic E-state index is 11.3. The van der Waals surface area contributed by atoms with Gasteiger partial charge in [-0.15, -0.1) is 0 Å². The lowest BCUT2D eigenvalue weighted by Gasteiger charge is -2.15. The minimum Gasteiger partial charge on any atom is -0.481 e. The number of carbonyl (C=O) groups is 2. The van der Waals surface area contributed by atoms with Gasteiger partial charge in [-0.25, -0.2) is 0 Å². The van der Waals surface area contributed by atoms with Gasteiger partial charge in [0.05, 0.1) is 5.92 Å². The smallest absolute Gasteiger partial charge is 0.320 e. The highest BCUT2D eigenvalue weighted by atomic mass is 16.4. The van der Waals surface area contributed by atoms with Gasteiger partial charge in [-0.1, -0.05) is 54.6 Å². The topological polar surface area (TPSA) is 101 Å². The summed E-state index contributed by atoms with van der Waals surface area (Å²) >= 11 is 0. The van der Waals surface area contributed by atoms with E-state index in [2.05, 4.69) is 0 Å². The maximum Gasteiger partial charge on any atom is 0.320 e. The fourth-order valence-electron chi connectivity index (χ4n) is 2.43. The van der Waals surface area contributed by atoms with E-state index in [9.17, 15) is 14.7 Å². The molecule has 5 heteroatoms. The fraction of sp³-hybridized carbons (Fsp3) is 0.222. The highest BCUT2D eigenvalue weighted by Gasteiger charge is 2.24. The number of hydrogen-bond donors (Lipinski definition) is 3. The lowest BCUT2D eigenvalue weighted by atomic mass is 9.92. The van der Waals surface area contributed by atoms with Crippen LogP contribution < -0.4 is 5.73 Å². The Hall–Kier alpha value is -2.66. The average Bonchev–Trinajstić information content (AvgIpc) is 2.55. The molecule has 0 radical (unpaired) electrons. The molecule has 5 nitrogen and oxygen atoms in total. The Morgan fingerprint density at radius 3 is 1.96 bits per heavy atom. The van der Waals surface area contributed by atoms with E-state index in [4.69, 9.17) is 10.8 Å². The van der Waals surface area contributed by atoms with Gasteiger partial charge in [0.25, 0.3) is 0 Å². The summed E-state index contributed by atoms with van der Waals surface area (Å²) in [5.41, 5.74) is 8.42. The molecule has 0 aliphatic carbocycles. The van der Waals surface area contributed by atoms with Crippen molar-refractivity contribution in [2.75, 3.05) is 0 Å². The van der Waals surface area contributed by atoms with Crippen molar-refractivity contribution < 1.29 is 19.8 Å². The molecule has 0 aliphatic heterocycles. The lowest BCUT2D eigenvalue weighted by Crippen LogP contribution is -2.35. The molecule has 0 saturated carbocycles. The van der Waals surface area contributed by atoms with E-state index in [1.165, 1.54) is 0 Å². The van der Waals surface area contributed by atoms with Gasteiger partial charge in [0, 0.05) is 0 Å². The van der Waals surface area contributed by atoms with E-state index in [1.807, 2.05) is 54.6 Å². The van der Waals surface area contributed by atoms with E-state index in [-0.39, 0.29) is 12.8 Å². The van der Waals surface area contributed by atoms with Gasteiger partial charge in [0.2, 0.25) is 0 Å². The second-order valence-electron chi connectivity index (χ2n) is 5.48. The van der Waals surface area contributed by atoms with Gasteiger partial charge >= 0.3 is 11.9 Å². The zero-order valence-corrected chi connectivity index (χ0v) is 12.6. The Balaban J connectivity index is 2.09. The van der Waals surface area contributed by atoms with Crippen LogP contribution in [0.3, 0.4) is 0 Å². The lowest BCUT2D eigenvalue weighted by molar-refractivity contribution is -0.143. The first-order valence-electron chi connectivity index (χ1n) is 7.33. The molecule has 23 heavy (non-hydrogen) atoms. The van der Waals surface area contributed by atoms with Crippen LogP contribution in [0.1, 0.15) is 12.0 Å². The van der Waals surface area contributed by atoms with E-state index < -0.39 is 23.9 Å². The molecule has 120 valence electrons. The van der Waals surface area contributed by atoms with Crippen LogP contribution in [0, 0.1) is 5.92 Å². The van der Waals surface area contributed by atoms with Crippen LogP contribution in [-0.2, 0) is 16.0 Å². The number of rotatable bonds is 7. The van der Waals surface area contributed by atoms with Gasteiger partial charge in [0.1, 0.15) is 6.04 Å². The molecule has 4 N–H and O–H groups in total. The van der Waals surface area contributed by atoms with Crippen molar-refractivity contribution >= 4 is 11.9 Å². The predicted octanol–water partition coefficient (Wildman–Crippen LogP) is 2.40. The molecule has 0 bridgehead atoms. The Bertz CT molecular complexity index is 667. The molecular weight excluding hydrogens is 294 g/mol. The van der Waals surface area contributed by atoms with Crippen molar-refractivity contribution in [1.29, 1.82) is 0 Å². The Kier molecular flexibility index (Phi) is 5.49. The Morgan fingerprint density at radius 1 is 0.870 bits per heavy atom. The summed E-state index contributed by atoms with van der Waals surface area (Å²) in [6.45, 7) is 0. The molecule has 0 amide bonds. The molecule has 0 aromatic heterocycles. The minimum absolute atomic E-state index is 0.0922. The summed E-state index contributed by atoms with van der Waals surface area (Å²) < 4.78 is 0. The number of aliphatic carboxylic acids is 2. The molecule has 2 aromatic rings. The van der Waals surface area contributed by atoms with Crippen LogP contribution in [0.5, 0.6) is 0 Å². The molecule has 2 aromatic carbocycles. The first-order valence-corrected chi connectivity index (χ1v) is 7.33. The first-order chi connectivity index (χ1) is 11.0. The molecule has 2 rings (SSSR count). The van der Waals surface area contributed by atoms with E-state index in [0.717, 1.165) is 16.7 Å². The van der Waals surface area contributed by atoms with Crippen LogP contribution >= 0.6 is 0 Å². The van der Waals surface area contributed by atoms with E-state index in [1.54, 1.807) is 0 Å². The molecule has 0 heterocycles. The zero-order valence-electron chi connectivity index (χ0n) is 12.6. The Labute approximate surface area is 134 Å².